The summed E-state index contributed by atoms with van der Waals surface area (Å²) in [5, 5.41) is 18.1. The summed E-state index contributed by atoms with van der Waals surface area (Å²) in [4.78, 5) is 18.2. The summed E-state index contributed by atoms with van der Waals surface area (Å²) in [5.74, 6) is -2.69. The number of aliphatic carboxylic acids is 2. The monoisotopic (exact) mass is 341 g/mol. The van der Waals surface area contributed by atoms with Crippen LogP contribution < -0.4 is 10.1 Å². The minimum absolute atomic E-state index is 0.514. The predicted octanol–water partition coefficient (Wildman–Crippen LogP) is 1.85. The molecule has 0 fully saturated rings. The van der Waals surface area contributed by atoms with Gasteiger partial charge in [0.05, 0.1) is 13.2 Å². The molecule has 0 saturated carbocycles. The van der Waals surface area contributed by atoms with E-state index in [1.54, 1.807) is 0 Å². The maximum absolute atomic E-state index is 9.10. The van der Waals surface area contributed by atoms with E-state index in [4.69, 9.17) is 29.3 Å². The molecule has 0 aliphatic rings. The van der Waals surface area contributed by atoms with E-state index in [1.165, 1.54) is 11.1 Å². The number of nitrogens with one attached hydrogen (secondary N) is 1. The van der Waals surface area contributed by atoms with Crippen molar-refractivity contribution >= 4 is 11.9 Å². The molecule has 0 atom stereocenters. The molecule has 3 N–H and O–H groups in total. The van der Waals surface area contributed by atoms with Gasteiger partial charge in [-0.25, -0.2) is 9.59 Å². The molecule has 0 amide bonds. The Labute approximate surface area is 142 Å². The zero-order valence-electron chi connectivity index (χ0n) is 14.7. The molecule has 1 aromatic rings. The maximum Gasteiger partial charge on any atom is 0.414 e. The standard InChI is InChI=1S/C15H25NO2.C2H2O4/c1-12(2)16-8-9-17-10-11-18-15-7-5-6-13(3)14(15)4;3-1(4)2(5)6/h5-7,12,16H,8-11H2,1-4H3;(H,3,4)(H,5,6). The molecule has 0 aromatic heterocycles. The molecule has 0 aliphatic carbocycles. The molecule has 0 spiro atoms. The van der Waals surface area contributed by atoms with Gasteiger partial charge in [0.15, 0.2) is 0 Å². The molecular weight excluding hydrogens is 314 g/mol. The Kier molecular flexibility index (Phi) is 11.2. The highest BCUT2D eigenvalue weighted by atomic mass is 16.5. The van der Waals surface area contributed by atoms with Crippen LogP contribution in [0.4, 0.5) is 0 Å². The van der Waals surface area contributed by atoms with Gasteiger partial charge in [-0.15, -0.1) is 0 Å². The molecule has 0 bridgehead atoms. The van der Waals surface area contributed by atoms with Crippen molar-refractivity contribution in [1.82, 2.24) is 5.32 Å². The van der Waals surface area contributed by atoms with Crippen LogP contribution in [-0.2, 0) is 14.3 Å². The van der Waals surface area contributed by atoms with Gasteiger partial charge in [0.25, 0.3) is 0 Å². The molecular formula is C17H27NO6. The van der Waals surface area contributed by atoms with Crippen LogP contribution in [0.5, 0.6) is 5.75 Å². The number of benzene rings is 1. The number of hydrogen-bond acceptors (Lipinski definition) is 5. The Morgan fingerprint density at radius 1 is 1.08 bits per heavy atom. The number of hydrogen-bond donors (Lipinski definition) is 3. The largest absolute Gasteiger partial charge is 0.491 e. The van der Waals surface area contributed by atoms with Gasteiger partial charge in [0, 0.05) is 12.6 Å². The van der Waals surface area contributed by atoms with Crippen molar-refractivity contribution in [2.75, 3.05) is 26.4 Å². The molecule has 1 aromatic carbocycles. The number of aryl methyl sites for hydroxylation is 1. The third-order valence-electron chi connectivity index (χ3n) is 3.02. The van der Waals surface area contributed by atoms with Crippen molar-refractivity contribution in [3.8, 4) is 5.75 Å². The lowest BCUT2D eigenvalue weighted by molar-refractivity contribution is -0.159. The summed E-state index contributed by atoms with van der Waals surface area (Å²) < 4.78 is 11.2. The first-order valence-electron chi connectivity index (χ1n) is 7.72. The third-order valence-corrected chi connectivity index (χ3v) is 3.02. The summed E-state index contributed by atoms with van der Waals surface area (Å²) in [6.07, 6.45) is 0. The van der Waals surface area contributed by atoms with Crippen LogP contribution >= 0.6 is 0 Å². The van der Waals surface area contributed by atoms with Gasteiger partial charge in [-0.3, -0.25) is 0 Å². The first-order valence-corrected chi connectivity index (χ1v) is 7.72. The van der Waals surface area contributed by atoms with E-state index in [2.05, 4.69) is 39.1 Å². The fourth-order valence-electron chi connectivity index (χ4n) is 1.61. The second-order valence-electron chi connectivity index (χ2n) is 5.38. The minimum Gasteiger partial charge on any atom is -0.491 e. The molecule has 7 heteroatoms. The molecule has 24 heavy (non-hydrogen) atoms. The highest BCUT2D eigenvalue weighted by Crippen LogP contribution is 2.20. The summed E-state index contributed by atoms with van der Waals surface area (Å²) in [6, 6.07) is 6.63. The van der Waals surface area contributed by atoms with E-state index in [0.717, 1.165) is 18.9 Å². The van der Waals surface area contributed by atoms with Gasteiger partial charge >= 0.3 is 11.9 Å². The van der Waals surface area contributed by atoms with Crippen molar-refractivity contribution in [1.29, 1.82) is 0 Å². The van der Waals surface area contributed by atoms with Crippen molar-refractivity contribution in [2.24, 2.45) is 0 Å². The molecule has 7 nitrogen and oxygen atoms in total. The van der Waals surface area contributed by atoms with E-state index in [9.17, 15) is 0 Å². The number of rotatable bonds is 8. The lowest BCUT2D eigenvalue weighted by Gasteiger charge is -2.11. The first-order chi connectivity index (χ1) is 11.3. The summed E-state index contributed by atoms with van der Waals surface area (Å²) in [6.45, 7) is 11.3. The van der Waals surface area contributed by atoms with Crippen LogP contribution in [0.1, 0.15) is 25.0 Å². The summed E-state index contributed by atoms with van der Waals surface area (Å²) in [5.41, 5.74) is 2.47. The topological polar surface area (TPSA) is 105 Å². The average Bonchev–Trinajstić information content (AvgIpc) is 2.50. The zero-order valence-corrected chi connectivity index (χ0v) is 14.7. The van der Waals surface area contributed by atoms with Gasteiger partial charge in [0.1, 0.15) is 12.4 Å². The van der Waals surface area contributed by atoms with E-state index in [0.29, 0.717) is 19.3 Å². The Morgan fingerprint density at radius 3 is 2.25 bits per heavy atom. The number of ether oxygens (including phenoxy) is 2. The maximum atomic E-state index is 9.10. The van der Waals surface area contributed by atoms with Crippen molar-refractivity contribution < 1.29 is 29.3 Å². The first kappa shape index (κ1) is 21.9. The Bertz CT molecular complexity index is 504. The Hall–Kier alpha value is -2.12. The molecule has 0 unspecified atom stereocenters. The molecule has 0 radical (unpaired) electrons. The van der Waals surface area contributed by atoms with Crippen LogP contribution in [0.15, 0.2) is 18.2 Å². The van der Waals surface area contributed by atoms with Crippen LogP contribution in [0.2, 0.25) is 0 Å². The normalized spacial score (nSPS) is 10.0. The summed E-state index contributed by atoms with van der Waals surface area (Å²) >= 11 is 0. The van der Waals surface area contributed by atoms with Crippen molar-refractivity contribution in [3.05, 3.63) is 29.3 Å². The lowest BCUT2D eigenvalue weighted by atomic mass is 10.1. The molecule has 0 saturated heterocycles. The van der Waals surface area contributed by atoms with Crippen LogP contribution in [-0.4, -0.2) is 54.6 Å². The van der Waals surface area contributed by atoms with E-state index in [1.807, 2.05) is 12.1 Å². The fraction of sp³-hybridized carbons (Fsp3) is 0.529. The average molecular weight is 341 g/mol. The zero-order chi connectivity index (χ0) is 18.5. The number of carboxylic acid groups (broad SMARTS) is 2. The van der Waals surface area contributed by atoms with Crippen molar-refractivity contribution in [2.45, 2.75) is 33.7 Å². The van der Waals surface area contributed by atoms with Crippen LogP contribution in [0.25, 0.3) is 0 Å². The lowest BCUT2D eigenvalue weighted by Crippen LogP contribution is -2.27. The second kappa shape index (κ2) is 12.3. The number of carboxylic acids is 2. The fourth-order valence-corrected chi connectivity index (χ4v) is 1.61. The van der Waals surface area contributed by atoms with E-state index in [-0.39, 0.29) is 0 Å². The SMILES string of the molecule is Cc1cccc(OCCOCCNC(C)C)c1C.O=C(O)C(=O)O. The van der Waals surface area contributed by atoms with Crippen LogP contribution in [0.3, 0.4) is 0 Å². The van der Waals surface area contributed by atoms with Gasteiger partial charge in [-0.1, -0.05) is 26.0 Å². The number of carbonyl (C=O) groups is 2. The summed E-state index contributed by atoms with van der Waals surface area (Å²) in [7, 11) is 0. The predicted molar refractivity (Wildman–Crippen MR) is 90.6 cm³/mol. The van der Waals surface area contributed by atoms with Gasteiger partial charge < -0.3 is 25.0 Å². The Balaban J connectivity index is 0.000000754. The smallest absolute Gasteiger partial charge is 0.414 e. The quantitative estimate of drug-likeness (QED) is 0.489. The van der Waals surface area contributed by atoms with Gasteiger partial charge in [-0.05, 0) is 31.0 Å². The highest BCUT2D eigenvalue weighted by molar-refractivity contribution is 6.27. The molecule has 0 aliphatic heterocycles. The highest BCUT2D eigenvalue weighted by Gasteiger charge is 2.04. The van der Waals surface area contributed by atoms with Gasteiger partial charge in [0.2, 0.25) is 0 Å². The molecule has 1 rings (SSSR count). The van der Waals surface area contributed by atoms with Crippen molar-refractivity contribution in [3.63, 3.8) is 0 Å². The minimum atomic E-state index is -1.82. The Morgan fingerprint density at radius 2 is 1.71 bits per heavy atom. The molecule has 0 heterocycles. The van der Waals surface area contributed by atoms with E-state index < -0.39 is 11.9 Å². The molecule has 136 valence electrons. The van der Waals surface area contributed by atoms with Crippen LogP contribution in [0, 0.1) is 13.8 Å². The second-order valence-corrected chi connectivity index (χ2v) is 5.38. The van der Waals surface area contributed by atoms with Gasteiger partial charge in [-0.2, -0.15) is 0 Å². The van der Waals surface area contributed by atoms with E-state index >= 15 is 0 Å². The third kappa shape index (κ3) is 10.6.